The van der Waals surface area contributed by atoms with Gasteiger partial charge in [-0.05, 0) is 6.92 Å². The molecule has 0 saturated carbocycles. The molecule has 0 radical (unpaired) electrons. The van der Waals surface area contributed by atoms with Gasteiger partial charge >= 0.3 is 7.75 Å². The Hall–Kier alpha value is -2.84. The third-order valence-electron chi connectivity index (χ3n) is 4.67. The highest BCUT2D eigenvalue weighted by Gasteiger charge is 2.50. The number of fused-ring (bicyclic) bond motifs is 1. The molecular formula is C18H21N7O6PS2+. The van der Waals surface area contributed by atoms with E-state index < -0.39 is 19.7 Å². The third kappa shape index (κ3) is 5.62. The first-order valence-electron chi connectivity index (χ1n) is 10.0. The predicted molar refractivity (Wildman–Crippen MR) is 123 cm³/mol. The van der Waals surface area contributed by atoms with Gasteiger partial charge in [-0.1, -0.05) is 11.2 Å². The molecule has 180 valence electrons. The summed E-state index contributed by atoms with van der Waals surface area (Å²) in [5.41, 5.74) is 0.770. The number of oxime groups is 1. The highest BCUT2D eigenvalue weighted by atomic mass is 32.2. The summed E-state index contributed by atoms with van der Waals surface area (Å²) in [6.07, 6.45) is 5.72. The number of carbonyl (C=O) groups excluding carboxylic acids is 2. The van der Waals surface area contributed by atoms with E-state index in [0.29, 0.717) is 23.8 Å². The van der Waals surface area contributed by atoms with E-state index in [-0.39, 0.29) is 34.6 Å². The highest BCUT2D eigenvalue weighted by Crippen LogP contribution is 2.37. The lowest BCUT2D eigenvalue weighted by Gasteiger charge is -2.47. The van der Waals surface area contributed by atoms with Gasteiger partial charge in [0, 0.05) is 41.2 Å². The second kappa shape index (κ2) is 10.2. The van der Waals surface area contributed by atoms with E-state index in [1.54, 1.807) is 23.6 Å². The van der Waals surface area contributed by atoms with Gasteiger partial charge in [0.1, 0.15) is 18.0 Å². The highest BCUT2D eigenvalue weighted by molar-refractivity contribution is 8.00. The Morgan fingerprint density at radius 2 is 2.15 bits per heavy atom. The standard InChI is InChI=1S/C18H20N7O6PS2/c1-2-31-21-12(14-20-18(34-23-14)22-32(28,29)30)15(26)19-13-16(27)25-9-11(10-33-17(13)25)8-24-6-4-3-5-7-24/h3-7,9,13,17H,2,8,10H2,1H3,(H3-,19,20,22,23,26,28,29,30)/p+1/t13?,17-/m0/s1. The van der Waals surface area contributed by atoms with Crippen LogP contribution >= 0.6 is 31.0 Å². The number of nitrogens with zero attached hydrogens (tertiary/aromatic N) is 5. The molecule has 0 spiro atoms. The van der Waals surface area contributed by atoms with Gasteiger partial charge in [-0.3, -0.25) is 14.7 Å². The molecule has 16 heteroatoms. The Morgan fingerprint density at radius 3 is 2.85 bits per heavy atom. The second-order valence-corrected chi connectivity index (χ2v) is 10.3. The monoisotopic (exact) mass is 526 g/mol. The smallest absolute Gasteiger partial charge is 0.395 e. The number of amides is 2. The van der Waals surface area contributed by atoms with Crippen molar-refractivity contribution < 1.29 is 33.3 Å². The molecule has 2 aromatic rings. The summed E-state index contributed by atoms with van der Waals surface area (Å²) in [6, 6.07) is 5.03. The number of rotatable bonds is 9. The first-order valence-corrected chi connectivity index (χ1v) is 13.4. The van der Waals surface area contributed by atoms with Gasteiger partial charge in [0.05, 0.1) is 0 Å². The maximum atomic E-state index is 12.9. The summed E-state index contributed by atoms with van der Waals surface area (Å²) in [5.74, 6) is -0.476. The van der Waals surface area contributed by atoms with Gasteiger partial charge in [0.25, 0.3) is 11.8 Å². The van der Waals surface area contributed by atoms with Crippen molar-refractivity contribution in [2.45, 2.75) is 24.9 Å². The Bertz CT molecular complexity index is 1180. The van der Waals surface area contributed by atoms with Crippen LogP contribution in [0.5, 0.6) is 0 Å². The molecule has 1 saturated heterocycles. The second-order valence-electron chi connectivity index (χ2n) is 7.17. The molecule has 0 aromatic carbocycles. The molecular weight excluding hydrogens is 505 g/mol. The van der Waals surface area contributed by atoms with Crippen LogP contribution in [0, 0.1) is 0 Å². The van der Waals surface area contributed by atoms with Gasteiger partial charge < -0.3 is 24.8 Å². The largest absolute Gasteiger partial charge is 0.429 e. The molecule has 1 fully saturated rings. The maximum Gasteiger partial charge on any atom is 0.429 e. The van der Waals surface area contributed by atoms with Crippen LogP contribution in [0.2, 0.25) is 0 Å². The lowest BCUT2D eigenvalue weighted by atomic mass is 10.1. The molecule has 2 amide bonds. The molecule has 2 aromatic heterocycles. The van der Waals surface area contributed by atoms with Crippen molar-refractivity contribution in [3.05, 3.63) is 48.2 Å². The fourth-order valence-electron chi connectivity index (χ4n) is 3.23. The van der Waals surface area contributed by atoms with Crippen LogP contribution in [0.3, 0.4) is 0 Å². The number of hydrogen-bond acceptors (Lipinski definition) is 9. The van der Waals surface area contributed by atoms with E-state index in [1.807, 2.05) is 46.4 Å². The topological polar surface area (TPSA) is 170 Å². The van der Waals surface area contributed by atoms with E-state index in [0.717, 1.165) is 5.57 Å². The molecule has 13 nitrogen and oxygen atoms in total. The SMILES string of the molecule is CCON=C(C(=O)NC1C(=O)N2C=C(C[n+]3ccccc3)CS[C@@H]12)c1nsc(NP(=O)(O)O)n1. The van der Waals surface area contributed by atoms with Gasteiger partial charge in [-0.15, -0.1) is 11.8 Å². The molecule has 0 aliphatic carbocycles. The molecule has 2 atom stereocenters. The van der Waals surface area contributed by atoms with Gasteiger partial charge in [0.15, 0.2) is 18.9 Å². The Labute approximate surface area is 202 Å². The summed E-state index contributed by atoms with van der Waals surface area (Å²) >= 11 is 2.19. The number of aromatic nitrogens is 3. The van der Waals surface area contributed by atoms with Crippen LogP contribution in [-0.4, -0.2) is 65.3 Å². The quantitative estimate of drug-likeness (QED) is 0.115. The fraction of sp³-hybridized carbons (Fsp3) is 0.333. The third-order valence-corrected chi connectivity index (χ3v) is 7.33. The van der Waals surface area contributed by atoms with Crippen LogP contribution in [-0.2, 0) is 25.5 Å². The van der Waals surface area contributed by atoms with Crippen LogP contribution in [0.25, 0.3) is 0 Å². The number of hydrogen-bond donors (Lipinski definition) is 4. The lowest BCUT2D eigenvalue weighted by molar-refractivity contribution is -0.689. The van der Waals surface area contributed by atoms with Crippen molar-refractivity contribution in [2.75, 3.05) is 17.4 Å². The van der Waals surface area contributed by atoms with Gasteiger partial charge in [-0.25, -0.2) is 9.13 Å². The van der Waals surface area contributed by atoms with E-state index in [4.69, 9.17) is 14.6 Å². The molecule has 0 bridgehead atoms. The van der Waals surface area contributed by atoms with E-state index in [9.17, 15) is 14.2 Å². The summed E-state index contributed by atoms with van der Waals surface area (Å²) in [6.45, 7) is 2.49. The maximum absolute atomic E-state index is 12.9. The van der Waals surface area contributed by atoms with Gasteiger partial charge in [-0.2, -0.15) is 9.36 Å². The molecule has 34 heavy (non-hydrogen) atoms. The minimum absolute atomic E-state index is 0.163. The minimum Gasteiger partial charge on any atom is -0.395 e. The number of nitrogens with one attached hydrogen (secondary N) is 2. The first kappa shape index (κ1) is 24.3. The Morgan fingerprint density at radius 1 is 1.38 bits per heavy atom. The van der Waals surface area contributed by atoms with Gasteiger partial charge in [0.2, 0.25) is 16.7 Å². The van der Waals surface area contributed by atoms with Crippen molar-refractivity contribution >= 4 is 53.7 Å². The number of thioether (sulfide) groups is 1. The van der Waals surface area contributed by atoms with Crippen LogP contribution in [0.15, 0.2) is 47.5 Å². The molecule has 2 aliphatic heterocycles. The number of pyridine rings is 1. The summed E-state index contributed by atoms with van der Waals surface area (Å²) in [4.78, 5) is 54.1. The van der Waals surface area contributed by atoms with Crippen molar-refractivity contribution in [3.63, 3.8) is 0 Å². The summed E-state index contributed by atoms with van der Waals surface area (Å²) < 4.78 is 17.0. The Kier molecular flexibility index (Phi) is 7.28. The molecule has 4 N–H and O–H groups in total. The van der Waals surface area contributed by atoms with Crippen molar-refractivity contribution in [1.82, 2.24) is 19.6 Å². The van der Waals surface area contributed by atoms with Crippen molar-refractivity contribution in [2.24, 2.45) is 5.16 Å². The normalized spacial score (nSPS) is 20.2. The van der Waals surface area contributed by atoms with Crippen LogP contribution in [0.1, 0.15) is 12.7 Å². The van der Waals surface area contributed by atoms with E-state index in [2.05, 4.69) is 19.8 Å². The van der Waals surface area contributed by atoms with Crippen molar-refractivity contribution in [1.29, 1.82) is 0 Å². The van der Waals surface area contributed by atoms with E-state index in [1.165, 1.54) is 0 Å². The molecule has 2 aliphatic rings. The van der Waals surface area contributed by atoms with E-state index >= 15 is 0 Å². The predicted octanol–water partition coefficient (Wildman–Crippen LogP) is 0.0548. The average Bonchev–Trinajstić information content (AvgIpc) is 3.24. The number of carbonyl (C=O) groups is 2. The Balaban J connectivity index is 1.43. The minimum atomic E-state index is -4.59. The zero-order valence-electron chi connectivity index (χ0n) is 17.8. The van der Waals surface area contributed by atoms with Crippen LogP contribution in [0.4, 0.5) is 5.13 Å². The number of β-lactam (4-membered cyclic amide) rings is 1. The first-order chi connectivity index (χ1) is 16.2. The fourth-order valence-corrected chi connectivity index (χ4v) is 5.73. The summed E-state index contributed by atoms with van der Waals surface area (Å²) in [5, 5.41) is 7.83. The average molecular weight is 527 g/mol. The molecule has 1 unspecified atom stereocenters. The van der Waals surface area contributed by atoms with Crippen molar-refractivity contribution in [3.8, 4) is 0 Å². The zero-order chi connectivity index (χ0) is 24.3. The zero-order valence-corrected chi connectivity index (χ0v) is 20.3. The number of anilines is 1. The molecule has 4 heterocycles. The van der Waals surface area contributed by atoms with Crippen LogP contribution < -0.4 is 15.0 Å². The molecule has 4 rings (SSSR count). The summed E-state index contributed by atoms with van der Waals surface area (Å²) in [7, 11) is -4.59. The lowest BCUT2D eigenvalue weighted by Crippen LogP contribution is -2.69.